The minimum Gasteiger partial charge on any atom is -0.361 e. The Balaban J connectivity index is 2.24. The van der Waals surface area contributed by atoms with Crippen LogP contribution in [0.2, 0.25) is 0 Å². The summed E-state index contributed by atoms with van der Waals surface area (Å²) >= 11 is 0. The molecule has 0 atom stereocenters. The molecule has 1 aliphatic carbocycles. The van der Waals surface area contributed by atoms with Crippen LogP contribution in [0.4, 0.5) is 0 Å². The predicted molar refractivity (Wildman–Crippen MR) is 31.6 cm³/mol. The third-order valence-corrected chi connectivity index (χ3v) is 1.55. The molecule has 0 N–H and O–H groups in total. The molecule has 42 valence electrons. The molecule has 2 rings (SSSR count). The molecule has 2 aliphatic rings. The van der Waals surface area contributed by atoms with Crippen LogP contribution in [0.5, 0.6) is 0 Å². The summed E-state index contributed by atoms with van der Waals surface area (Å²) in [5, 5.41) is 0. The molecule has 1 heterocycles. The maximum absolute atomic E-state index is 5.16. The molecule has 1 spiro atoms. The lowest BCUT2D eigenvalue weighted by Gasteiger charge is -2.00. The molecule has 0 aromatic rings. The van der Waals surface area contributed by atoms with E-state index in [1.54, 1.807) is 0 Å². The number of ether oxygens (including phenoxy) is 1. The highest BCUT2D eigenvalue weighted by molar-refractivity contribution is 5.26. The first kappa shape index (κ1) is 4.33. The van der Waals surface area contributed by atoms with Gasteiger partial charge in [-0.05, 0) is 6.42 Å². The van der Waals surface area contributed by atoms with E-state index in [4.69, 9.17) is 4.74 Å². The van der Waals surface area contributed by atoms with Gasteiger partial charge in [-0.25, -0.2) is 0 Å². The predicted octanol–water partition coefficient (Wildman–Crippen LogP) is 1.27. The highest BCUT2D eigenvalue weighted by Gasteiger charge is 2.39. The second-order valence-corrected chi connectivity index (χ2v) is 2.28. The van der Waals surface area contributed by atoms with Gasteiger partial charge in [0.1, 0.15) is 5.60 Å². The minimum absolute atomic E-state index is 0.0677. The van der Waals surface area contributed by atoms with Crippen molar-refractivity contribution in [1.29, 1.82) is 0 Å². The standard InChI is InChI=1S/C7H8O/c1-2-4-7(5-3-1)6-8-7/h2-5H,1,6H2. The monoisotopic (exact) mass is 108 g/mol. The molecule has 1 fully saturated rings. The molecule has 1 saturated heterocycles. The third kappa shape index (κ3) is 0.514. The van der Waals surface area contributed by atoms with E-state index >= 15 is 0 Å². The number of epoxide rings is 1. The second-order valence-electron chi connectivity index (χ2n) is 2.28. The average Bonchev–Trinajstić information content (AvgIpc) is 2.52. The Morgan fingerprint density at radius 3 is 2.25 bits per heavy atom. The molecule has 0 bridgehead atoms. The van der Waals surface area contributed by atoms with Crippen LogP contribution in [0, 0.1) is 0 Å². The van der Waals surface area contributed by atoms with Gasteiger partial charge in [-0.1, -0.05) is 24.3 Å². The van der Waals surface area contributed by atoms with Gasteiger partial charge in [-0.15, -0.1) is 0 Å². The van der Waals surface area contributed by atoms with Gasteiger partial charge in [0.15, 0.2) is 0 Å². The number of hydrogen-bond acceptors (Lipinski definition) is 1. The Labute approximate surface area is 48.7 Å². The van der Waals surface area contributed by atoms with Crippen molar-refractivity contribution in [2.75, 3.05) is 6.61 Å². The molecule has 0 amide bonds. The molecule has 0 saturated carbocycles. The quantitative estimate of drug-likeness (QED) is 0.336. The molecule has 0 aromatic carbocycles. The van der Waals surface area contributed by atoms with Crippen LogP contribution in [0.15, 0.2) is 24.3 Å². The van der Waals surface area contributed by atoms with Crippen molar-refractivity contribution >= 4 is 0 Å². The van der Waals surface area contributed by atoms with Gasteiger partial charge < -0.3 is 4.74 Å². The summed E-state index contributed by atoms with van der Waals surface area (Å²) in [7, 11) is 0. The Morgan fingerprint density at radius 2 is 1.88 bits per heavy atom. The molecule has 0 unspecified atom stereocenters. The summed E-state index contributed by atoms with van der Waals surface area (Å²) in [6, 6.07) is 0. The molecule has 1 heteroatoms. The lowest BCUT2D eigenvalue weighted by Crippen LogP contribution is -2.02. The minimum atomic E-state index is 0.0677. The van der Waals surface area contributed by atoms with Crippen molar-refractivity contribution < 1.29 is 4.74 Å². The molecule has 0 radical (unpaired) electrons. The molecule has 1 aliphatic heterocycles. The Bertz CT molecular complexity index is 138. The Hall–Kier alpha value is -0.560. The maximum Gasteiger partial charge on any atom is 0.128 e. The highest BCUT2D eigenvalue weighted by atomic mass is 16.6. The lowest BCUT2D eigenvalue weighted by atomic mass is 10.1. The summed E-state index contributed by atoms with van der Waals surface area (Å²) in [4.78, 5) is 0. The van der Waals surface area contributed by atoms with Gasteiger partial charge in [-0.2, -0.15) is 0 Å². The Morgan fingerprint density at radius 1 is 1.25 bits per heavy atom. The highest BCUT2D eigenvalue weighted by Crippen LogP contribution is 2.32. The van der Waals surface area contributed by atoms with E-state index in [9.17, 15) is 0 Å². The fraction of sp³-hybridized carbons (Fsp3) is 0.429. The van der Waals surface area contributed by atoms with Crippen LogP contribution in [0.3, 0.4) is 0 Å². The molecule has 1 nitrogen and oxygen atoms in total. The third-order valence-electron chi connectivity index (χ3n) is 1.55. The van der Waals surface area contributed by atoms with Crippen molar-refractivity contribution in [3.63, 3.8) is 0 Å². The SMILES string of the molecule is C1=CC2(C=CC1)CO2. The van der Waals surface area contributed by atoms with Gasteiger partial charge >= 0.3 is 0 Å². The fourth-order valence-electron chi connectivity index (χ4n) is 0.945. The van der Waals surface area contributed by atoms with Crippen molar-refractivity contribution in [1.82, 2.24) is 0 Å². The van der Waals surface area contributed by atoms with Gasteiger partial charge in [0, 0.05) is 0 Å². The van der Waals surface area contributed by atoms with Crippen LogP contribution in [0.1, 0.15) is 6.42 Å². The van der Waals surface area contributed by atoms with Crippen LogP contribution >= 0.6 is 0 Å². The lowest BCUT2D eigenvalue weighted by molar-refractivity contribution is 0.391. The van der Waals surface area contributed by atoms with Crippen LogP contribution in [0.25, 0.3) is 0 Å². The largest absolute Gasteiger partial charge is 0.361 e. The summed E-state index contributed by atoms with van der Waals surface area (Å²) in [5.74, 6) is 0. The van der Waals surface area contributed by atoms with E-state index in [-0.39, 0.29) is 5.60 Å². The average molecular weight is 108 g/mol. The van der Waals surface area contributed by atoms with E-state index in [0.29, 0.717) is 0 Å². The van der Waals surface area contributed by atoms with Gasteiger partial charge in [0.2, 0.25) is 0 Å². The van der Waals surface area contributed by atoms with E-state index in [1.165, 1.54) is 0 Å². The van der Waals surface area contributed by atoms with Crippen LogP contribution < -0.4 is 0 Å². The first-order chi connectivity index (χ1) is 3.91. The summed E-state index contributed by atoms with van der Waals surface area (Å²) < 4.78 is 5.16. The van der Waals surface area contributed by atoms with Gasteiger partial charge in [-0.3, -0.25) is 0 Å². The molecule has 0 aromatic heterocycles. The number of allylic oxidation sites excluding steroid dienone is 2. The summed E-state index contributed by atoms with van der Waals surface area (Å²) in [6.07, 6.45) is 9.63. The molecular weight excluding hydrogens is 100 g/mol. The number of rotatable bonds is 0. The van der Waals surface area contributed by atoms with Gasteiger partial charge in [0.05, 0.1) is 6.61 Å². The van der Waals surface area contributed by atoms with Crippen molar-refractivity contribution in [2.24, 2.45) is 0 Å². The topological polar surface area (TPSA) is 12.5 Å². The van der Waals surface area contributed by atoms with Gasteiger partial charge in [0.25, 0.3) is 0 Å². The summed E-state index contributed by atoms with van der Waals surface area (Å²) in [6.45, 7) is 0.889. The fourth-order valence-corrected chi connectivity index (χ4v) is 0.945. The van der Waals surface area contributed by atoms with E-state index in [2.05, 4.69) is 24.3 Å². The first-order valence-electron chi connectivity index (χ1n) is 2.91. The van der Waals surface area contributed by atoms with E-state index in [1.807, 2.05) is 0 Å². The second kappa shape index (κ2) is 1.23. The van der Waals surface area contributed by atoms with Crippen molar-refractivity contribution in [3.05, 3.63) is 24.3 Å². The zero-order valence-corrected chi connectivity index (χ0v) is 4.63. The molecular formula is C7H8O. The van der Waals surface area contributed by atoms with E-state index < -0.39 is 0 Å². The number of hydrogen-bond donors (Lipinski definition) is 0. The first-order valence-corrected chi connectivity index (χ1v) is 2.91. The Kier molecular flexibility index (Phi) is 0.667. The van der Waals surface area contributed by atoms with Crippen LogP contribution in [-0.2, 0) is 4.74 Å². The van der Waals surface area contributed by atoms with Crippen LogP contribution in [-0.4, -0.2) is 12.2 Å². The normalized spacial score (nSPS) is 29.0. The summed E-state index contributed by atoms with van der Waals surface area (Å²) in [5.41, 5.74) is 0.0677. The zero-order chi connectivity index (χ0) is 5.45. The van der Waals surface area contributed by atoms with E-state index in [0.717, 1.165) is 13.0 Å². The zero-order valence-electron chi connectivity index (χ0n) is 4.63. The smallest absolute Gasteiger partial charge is 0.128 e. The molecule has 8 heavy (non-hydrogen) atoms. The van der Waals surface area contributed by atoms with Crippen molar-refractivity contribution in [2.45, 2.75) is 12.0 Å². The van der Waals surface area contributed by atoms with Crippen molar-refractivity contribution in [3.8, 4) is 0 Å². The maximum atomic E-state index is 5.16.